The zero-order valence-corrected chi connectivity index (χ0v) is 24.2. The topological polar surface area (TPSA) is 37.4 Å². The number of allylic oxidation sites excluding steroid dienone is 2. The van der Waals surface area contributed by atoms with Crippen LogP contribution in [0.5, 0.6) is 0 Å². The highest BCUT2D eigenvalue weighted by atomic mass is 16.2. The normalized spacial score (nSPS) is 19.5. The molecule has 0 bridgehead atoms. The zero-order valence-electron chi connectivity index (χ0n) is 24.2. The maximum atomic E-state index is 15.1. The number of hydrogen-bond acceptors (Lipinski definition) is 2. The van der Waals surface area contributed by atoms with Gasteiger partial charge in [-0.2, -0.15) is 0 Å². The van der Waals surface area contributed by atoms with Crippen molar-refractivity contribution < 1.29 is 9.59 Å². The Morgan fingerprint density at radius 3 is 1.91 bits per heavy atom. The number of amides is 1. The van der Waals surface area contributed by atoms with Crippen molar-refractivity contribution in [3.63, 3.8) is 0 Å². The number of nitrogens with zero attached hydrogens (tertiary/aromatic N) is 1. The first-order chi connectivity index (χ1) is 21.1. The third-order valence-electron chi connectivity index (χ3n) is 9.21. The first-order valence-corrected chi connectivity index (χ1v) is 15.0. The minimum atomic E-state index is -1.03. The second kappa shape index (κ2) is 11.0. The number of carbonyl (C=O) groups excluding carboxylic acids is 2. The van der Waals surface area contributed by atoms with E-state index < -0.39 is 11.3 Å². The highest BCUT2D eigenvalue weighted by molar-refractivity contribution is 6.16. The van der Waals surface area contributed by atoms with Crippen LogP contribution < -0.4 is 4.90 Å². The molecule has 5 aromatic rings. The predicted octanol–water partition coefficient (Wildman–Crippen LogP) is 8.68. The number of anilines is 1. The fourth-order valence-corrected chi connectivity index (χ4v) is 7.08. The molecule has 0 saturated carbocycles. The van der Waals surface area contributed by atoms with Crippen LogP contribution in [0, 0.1) is 12.8 Å². The van der Waals surface area contributed by atoms with Crippen LogP contribution in [0.4, 0.5) is 5.69 Å². The highest BCUT2D eigenvalue weighted by Crippen LogP contribution is 2.58. The van der Waals surface area contributed by atoms with E-state index in [2.05, 4.69) is 42.5 Å². The molecule has 1 aliphatic heterocycles. The summed E-state index contributed by atoms with van der Waals surface area (Å²) in [6.45, 7) is 2.48. The molecular formula is C40H33NO2. The fraction of sp³-hybridized carbons (Fsp3) is 0.150. The van der Waals surface area contributed by atoms with Gasteiger partial charge in [-0.05, 0) is 59.2 Å². The van der Waals surface area contributed by atoms with Gasteiger partial charge in [0.05, 0.1) is 12.0 Å². The molecule has 1 aliphatic carbocycles. The van der Waals surface area contributed by atoms with Crippen LogP contribution in [0.15, 0.2) is 140 Å². The smallest absolute Gasteiger partial charge is 0.239 e. The van der Waals surface area contributed by atoms with Crippen molar-refractivity contribution in [2.45, 2.75) is 31.7 Å². The van der Waals surface area contributed by atoms with Gasteiger partial charge in [0.1, 0.15) is 0 Å². The van der Waals surface area contributed by atoms with Gasteiger partial charge in [-0.15, -0.1) is 0 Å². The minimum Gasteiger partial charge on any atom is -0.307 e. The van der Waals surface area contributed by atoms with E-state index in [0.717, 1.165) is 44.7 Å². The van der Waals surface area contributed by atoms with Crippen molar-refractivity contribution in [1.29, 1.82) is 0 Å². The summed E-state index contributed by atoms with van der Waals surface area (Å²) in [6.07, 6.45) is 0.921. The van der Waals surface area contributed by atoms with Gasteiger partial charge in [0.15, 0.2) is 5.78 Å². The Bertz CT molecular complexity index is 1820. The SMILES string of the molecule is Cc1ccc(C(=O)[C@@H]2CC(c3ccccc3)=C(c3ccccc3)C[C@@]23C(=O)N(Cc2ccccc2)c2ccccc23)cc1. The summed E-state index contributed by atoms with van der Waals surface area (Å²) in [7, 11) is 0. The Morgan fingerprint density at radius 2 is 1.26 bits per heavy atom. The van der Waals surface area contributed by atoms with Gasteiger partial charge in [-0.3, -0.25) is 9.59 Å². The van der Waals surface area contributed by atoms with Gasteiger partial charge in [-0.25, -0.2) is 0 Å². The number of ketones is 1. The largest absolute Gasteiger partial charge is 0.307 e. The van der Waals surface area contributed by atoms with Crippen molar-refractivity contribution in [1.82, 2.24) is 0 Å². The molecule has 43 heavy (non-hydrogen) atoms. The summed E-state index contributed by atoms with van der Waals surface area (Å²) < 4.78 is 0. The molecule has 3 heteroatoms. The first kappa shape index (κ1) is 26.9. The average Bonchev–Trinajstić information content (AvgIpc) is 3.29. The number of aryl methyl sites for hydroxylation is 1. The van der Waals surface area contributed by atoms with E-state index >= 15 is 4.79 Å². The third kappa shape index (κ3) is 4.62. The lowest BCUT2D eigenvalue weighted by atomic mass is 9.58. The molecule has 2 atom stereocenters. The molecular weight excluding hydrogens is 526 g/mol. The number of benzene rings is 5. The number of hydrogen-bond donors (Lipinski definition) is 0. The van der Waals surface area contributed by atoms with Crippen LogP contribution in [0.3, 0.4) is 0 Å². The molecule has 7 rings (SSSR count). The summed E-state index contributed by atoms with van der Waals surface area (Å²) >= 11 is 0. The Morgan fingerprint density at radius 1 is 0.698 bits per heavy atom. The molecule has 3 nitrogen and oxygen atoms in total. The summed E-state index contributed by atoms with van der Waals surface area (Å²) in [5.74, 6) is -0.541. The number of rotatable bonds is 6. The summed E-state index contributed by atoms with van der Waals surface area (Å²) in [5, 5.41) is 0. The van der Waals surface area contributed by atoms with Crippen molar-refractivity contribution >= 4 is 28.5 Å². The van der Waals surface area contributed by atoms with Gasteiger partial charge in [0.2, 0.25) is 5.91 Å². The summed E-state index contributed by atoms with van der Waals surface area (Å²) in [5.41, 5.74) is 8.07. The molecule has 5 aromatic carbocycles. The number of fused-ring (bicyclic) bond motifs is 2. The Hall–Kier alpha value is -5.02. The van der Waals surface area contributed by atoms with E-state index in [4.69, 9.17) is 0 Å². The van der Waals surface area contributed by atoms with Crippen molar-refractivity contribution in [2.75, 3.05) is 4.90 Å². The molecule has 1 spiro atoms. The molecule has 0 unspecified atom stereocenters. The van der Waals surface area contributed by atoms with Crippen molar-refractivity contribution in [3.05, 3.63) is 173 Å². The first-order valence-electron chi connectivity index (χ1n) is 15.0. The molecule has 210 valence electrons. The van der Waals surface area contributed by atoms with Crippen LogP contribution >= 0.6 is 0 Å². The van der Waals surface area contributed by atoms with E-state index in [-0.39, 0.29) is 11.7 Å². The number of para-hydroxylation sites is 1. The predicted molar refractivity (Wildman–Crippen MR) is 174 cm³/mol. The van der Waals surface area contributed by atoms with Gasteiger partial charge >= 0.3 is 0 Å². The standard InChI is InChI=1S/C40H33NO2/c1-28-21-23-32(24-22-28)38(42)36-25-33(30-15-7-3-8-16-30)34(31-17-9-4-10-18-31)26-40(36)35-19-11-12-20-37(35)41(39(40)43)27-29-13-5-2-6-14-29/h2-24,36H,25-27H2,1H3/t36-,40-/m0/s1. The van der Waals surface area contributed by atoms with Gasteiger partial charge in [0.25, 0.3) is 0 Å². The Balaban J connectivity index is 1.46. The van der Waals surface area contributed by atoms with Crippen LogP contribution in [0.2, 0.25) is 0 Å². The lowest BCUT2D eigenvalue weighted by Gasteiger charge is -2.42. The number of carbonyl (C=O) groups is 2. The van der Waals surface area contributed by atoms with Gasteiger partial charge in [0, 0.05) is 17.2 Å². The van der Waals surface area contributed by atoms with Crippen molar-refractivity contribution in [3.8, 4) is 0 Å². The van der Waals surface area contributed by atoms with Crippen LogP contribution in [0.1, 0.15) is 51.0 Å². The minimum absolute atomic E-state index is 0.00329. The average molecular weight is 560 g/mol. The quantitative estimate of drug-likeness (QED) is 0.195. The molecule has 2 aliphatic rings. The highest BCUT2D eigenvalue weighted by Gasteiger charge is 2.59. The van der Waals surface area contributed by atoms with E-state index in [1.807, 2.05) is 109 Å². The molecule has 0 radical (unpaired) electrons. The molecule has 0 aromatic heterocycles. The second-order valence-corrected chi connectivity index (χ2v) is 11.7. The monoisotopic (exact) mass is 559 g/mol. The maximum Gasteiger partial charge on any atom is 0.239 e. The van der Waals surface area contributed by atoms with Crippen LogP contribution in [0.25, 0.3) is 11.1 Å². The zero-order chi connectivity index (χ0) is 29.4. The molecule has 0 saturated heterocycles. The lowest BCUT2D eigenvalue weighted by molar-refractivity contribution is -0.124. The van der Waals surface area contributed by atoms with E-state index in [0.29, 0.717) is 24.9 Å². The number of Topliss-reactive ketones (excluding diaryl/α,β-unsaturated/α-hetero) is 1. The second-order valence-electron chi connectivity index (χ2n) is 11.7. The van der Waals surface area contributed by atoms with Gasteiger partial charge < -0.3 is 4.90 Å². The maximum absolute atomic E-state index is 15.1. The molecule has 0 N–H and O–H groups in total. The fourth-order valence-electron chi connectivity index (χ4n) is 7.08. The Labute approximate surface area is 253 Å². The van der Waals surface area contributed by atoms with Gasteiger partial charge in [-0.1, -0.05) is 139 Å². The van der Waals surface area contributed by atoms with E-state index in [1.165, 1.54) is 0 Å². The molecule has 1 amide bonds. The summed E-state index contributed by atoms with van der Waals surface area (Å²) in [4.78, 5) is 31.7. The van der Waals surface area contributed by atoms with Crippen molar-refractivity contribution in [2.24, 2.45) is 5.92 Å². The van der Waals surface area contributed by atoms with E-state index in [1.54, 1.807) is 0 Å². The van der Waals surface area contributed by atoms with Crippen LogP contribution in [-0.4, -0.2) is 11.7 Å². The molecule has 0 fully saturated rings. The van der Waals surface area contributed by atoms with E-state index in [9.17, 15) is 4.79 Å². The molecule has 1 heterocycles. The third-order valence-corrected chi connectivity index (χ3v) is 9.21. The van der Waals surface area contributed by atoms with Crippen LogP contribution in [-0.2, 0) is 16.8 Å². The Kier molecular flexibility index (Phi) is 6.87. The lowest BCUT2D eigenvalue weighted by Crippen LogP contribution is -2.50. The summed E-state index contributed by atoms with van der Waals surface area (Å²) in [6, 6.07) is 46.7.